The lowest BCUT2D eigenvalue weighted by Gasteiger charge is -2.27. The molecular weight excluding hydrogens is 446 g/mol. The Morgan fingerprint density at radius 3 is 2.67 bits per heavy atom. The SMILES string of the molecule is C=C(C)/C(=C(/C)NC)c1cnc2c(c1)C(c1ccn3ncc(C(=O)C4CCN(C)CC4)c3c1)=CCC2. The van der Waals surface area contributed by atoms with Crippen molar-refractivity contribution in [2.24, 2.45) is 5.92 Å². The Morgan fingerprint density at radius 2 is 1.94 bits per heavy atom. The summed E-state index contributed by atoms with van der Waals surface area (Å²) in [4.78, 5) is 20.6. The van der Waals surface area contributed by atoms with Gasteiger partial charge in [0.1, 0.15) is 0 Å². The van der Waals surface area contributed by atoms with Crippen molar-refractivity contribution in [3.8, 4) is 0 Å². The highest BCUT2D eigenvalue weighted by Crippen LogP contribution is 2.35. The number of piperidine rings is 1. The summed E-state index contributed by atoms with van der Waals surface area (Å²) in [5.74, 6) is 0.290. The number of allylic oxidation sites excluding steroid dienone is 4. The lowest BCUT2D eigenvalue weighted by molar-refractivity contribution is 0.0858. The molecule has 36 heavy (non-hydrogen) atoms. The zero-order valence-electron chi connectivity index (χ0n) is 21.8. The molecular formula is C30H35N5O. The number of pyridine rings is 2. The molecule has 1 N–H and O–H groups in total. The molecule has 0 unspecified atom stereocenters. The Balaban J connectivity index is 1.54. The predicted molar refractivity (Wildman–Crippen MR) is 146 cm³/mol. The largest absolute Gasteiger partial charge is 0.391 e. The van der Waals surface area contributed by atoms with Crippen LogP contribution in [0.1, 0.15) is 65.9 Å². The summed E-state index contributed by atoms with van der Waals surface area (Å²) in [5, 5.41) is 7.76. The Bertz CT molecular complexity index is 1400. The summed E-state index contributed by atoms with van der Waals surface area (Å²) in [7, 11) is 4.05. The van der Waals surface area contributed by atoms with E-state index in [1.54, 1.807) is 6.20 Å². The van der Waals surface area contributed by atoms with E-state index in [1.165, 1.54) is 0 Å². The number of aromatic nitrogens is 3. The second-order valence-corrected chi connectivity index (χ2v) is 10.2. The minimum atomic E-state index is 0.0713. The Morgan fingerprint density at radius 1 is 1.17 bits per heavy atom. The lowest BCUT2D eigenvalue weighted by Crippen LogP contribution is -2.33. The van der Waals surface area contributed by atoms with Crippen molar-refractivity contribution in [1.29, 1.82) is 0 Å². The Labute approximate surface area is 213 Å². The van der Waals surface area contributed by atoms with Gasteiger partial charge in [-0.25, -0.2) is 4.52 Å². The van der Waals surface area contributed by atoms with Crippen LogP contribution in [-0.4, -0.2) is 52.5 Å². The third kappa shape index (κ3) is 4.42. The topological polar surface area (TPSA) is 62.5 Å². The van der Waals surface area contributed by atoms with Gasteiger partial charge in [-0.3, -0.25) is 9.78 Å². The number of nitrogens with zero attached hydrogens (tertiary/aromatic N) is 4. The monoisotopic (exact) mass is 481 g/mol. The molecule has 1 fully saturated rings. The summed E-state index contributed by atoms with van der Waals surface area (Å²) in [6.07, 6.45) is 11.6. The normalized spacial score (nSPS) is 17.4. The smallest absolute Gasteiger partial charge is 0.169 e. The highest BCUT2D eigenvalue weighted by molar-refractivity contribution is 6.04. The quantitative estimate of drug-likeness (QED) is 0.389. The van der Waals surface area contributed by atoms with Crippen LogP contribution in [0.3, 0.4) is 0 Å². The van der Waals surface area contributed by atoms with Gasteiger partial charge in [-0.1, -0.05) is 12.7 Å². The molecule has 186 valence electrons. The van der Waals surface area contributed by atoms with Crippen molar-refractivity contribution >= 4 is 22.4 Å². The number of carbonyl (C=O) groups excluding carboxylic acids is 1. The number of ketones is 1. The molecule has 1 saturated heterocycles. The van der Waals surface area contributed by atoms with Crippen LogP contribution in [0, 0.1) is 5.92 Å². The van der Waals surface area contributed by atoms with Gasteiger partial charge in [0, 0.05) is 53.5 Å². The van der Waals surface area contributed by atoms with Gasteiger partial charge in [-0.15, -0.1) is 0 Å². The first-order chi connectivity index (χ1) is 17.4. The molecule has 1 aliphatic carbocycles. The third-order valence-corrected chi connectivity index (χ3v) is 7.64. The molecule has 0 bridgehead atoms. The second kappa shape index (κ2) is 9.86. The van der Waals surface area contributed by atoms with Crippen LogP contribution < -0.4 is 5.32 Å². The maximum absolute atomic E-state index is 13.4. The maximum atomic E-state index is 13.4. The van der Waals surface area contributed by atoms with Crippen molar-refractivity contribution in [1.82, 2.24) is 24.8 Å². The Kier molecular flexibility index (Phi) is 6.63. The number of fused-ring (bicyclic) bond motifs is 2. The van der Waals surface area contributed by atoms with Crippen LogP contribution in [-0.2, 0) is 6.42 Å². The number of nitrogens with one attached hydrogen (secondary N) is 1. The molecule has 6 nitrogen and oxygen atoms in total. The van der Waals surface area contributed by atoms with Crippen LogP contribution >= 0.6 is 0 Å². The van der Waals surface area contributed by atoms with Crippen LogP contribution in [0.15, 0.2) is 60.7 Å². The molecule has 0 atom stereocenters. The first-order valence-corrected chi connectivity index (χ1v) is 12.8. The molecule has 0 aromatic carbocycles. The molecule has 1 aliphatic heterocycles. The van der Waals surface area contributed by atoms with Gasteiger partial charge in [0.15, 0.2) is 5.78 Å². The van der Waals surface area contributed by atoms with E-state index < -0.39 is 0 Å². The van der Waals surface area contributed by atoms with E-state index in [-0.39, 0.29) is 11.7 Å². The molecule has 2 aliphatic rings. The fourth-order valence-corrected chi connectivity index (χ4v) is 5.54. The van der Waals surface area contributed by atoms with Gasteiger partial charge in [0.05, 0.1) is 17.3 Å². The summed E-state index contributed by atoms with van der Waals surface area (Å²) in [5.41, 5.74) is 10.3. The van der Waals surface area contributed by atoms with E-state index in [9.17, 15) is 4.79 Å². The summed E-state index contributed by atoms with van der Waals surface area (Å²) in [6, 6.07) is 6.45. The molecule has 3 aromatic rings. The van der Waals surface area contributed by atoms with E-state index in [0.29, 0.717) is 0 Å². The van der Waals surface area contributed by atoms with Crippen molar-refractivity contribution in [2.75, 3.05) is 27.2 Å². The van der Waals surface area contributed by atoms with Gasteiger partial charge in [-0.2, -0.15) is 5.10 Å². The standard InChI is InChI=1S/C30H35N5O/c1-19(2)29(20(3)31-4)23-15-25-24(7-6-8-27(25)32-17-23)22-11-14-35-28(16-22)26(18-33-35)30(36)21-9-12-34(5)13-10-21/h7,11,14-18,21,31H,1,6,8-10,12-13H2,2-5H3/b29-20+. The van der Waals surface area contributed by atoms with E-state index in [1.807, 2.05) is 30.9 Å². The van der Waals surface area contributed by atoms with Crippen LogP contribution in [0.4, 0.5) is 0 Å². The van der Waals surface area contributed by atoms with E-state index >= 15 is 0 Å². The fraction of sp³-hybridized carbons (Fsp3) is 0.367. The number of hydrogen-bond donors (Lipinski definition) is 1. The van der Waals surface area contributed by atoms with Gasteiger partial charge in [-0.05, 0) is 94.6 Å². The first kappa shape index (κ1) is 24.2. The number of carbonyl (C=O) groups is 1. The first-order valence-electron chi connectivity index (χ1n) is 12.8. The van der Waals surface area contributed by atoms with E-state index in [2.05, 4.69) is 60.1 Å². The Hall–Kier alpha value is -3.51. The average molecular weight is 482 g/mol. The summed E-state index contributed by atoms with van der Waals surface area (Å²) in [6.45, 7) is 10.2. The molecule has 0 radical (unpaired) electrons. The van der Waals surface area contributed by atoms with Crippen LogP contribution in [0.25, 0.3) is 16.7 Å². The molecule has 6 heteroatoms. The zero-order chi connectivity index (χ0) is 25.4. The molecule has 0 saturated carbocycles. The number of Topliss-reactive ketones (excluding diaryl/α,β-unsaturated/α-hetero) is 1. The zero-order valence-corrected chi connectivity index (χ0v) is 21.8. The minimum Gasteiger partial charge on any atom is -0.391 e. The predicted octanol–water partition coefficient (Wildman–Crippen LogP) is 5.16. The average Bonchev–Trinajstić information content (AvgIpc) is 3.31. The molecule has 0 amide bonds. The second-order valence-electron chi connectivity index (χ2n) is 10.2. The van der Waals surface area contributed by atoms with Crippen molar-refractivity contribution < 1.29 is 4.79 Å². The molecule has 3 aromatic heterocycles. The number of hydrogen-bond acceptors (Lipinski definition) is 5. The van der Waals surface area contributed by atoms with Crippen molar-refractivity contribution in [2.45, 2.75) is 39.5 Å². The number of rotatable bonds is 6. The van der Waals surface area contributed by atoms with Crippen molar-refractivity contribution in [3.63, 3.8) is 0 Å². The highest BCUT2D eigenvalue weighted by Gasteiger charge is 2.27. The maximum Gasteiger partial charge on any atom is 0.169 e. The minimum absolute atomic E-state index is 0.0713. The van der Waals surface area contributed by atoms with Crippen LogP contribution in [0.2, 0.25) is 0 Å². The number of aryl methyl sites for hydroxylation is 1. The molecule has 5 rings (SSSR count). The van der Waals surface area contributed by atoms with Gasteiger partial charge in [0.2, 0.25) is 0 Å². The summed E-state index contributed by atoms with van der Waals surface area (Å²) < 4.78 is 1.82. The van der Waals surface area contributed by atoms with Gasteiger partial charge >= 0.3 is 0 Å². The third-order valence-electron chi connectivity index (χ3n) is 7.64. The lowest BCUT2D eigenvalue weighted by atomic mass is 9.87. The molecule has 4 heterocycles. The van der Waals surface area contributed by atoms with Crippen LogP contribution in [0.5, 0.6) is 0 Å². The molecule has 0 spiro atoms. The highest BCUT2D eigenvalue weighted by atomic mass is 16.1. The van der Waals surface area contributed by atoms with E-state index in [4.69, 9.17) is 4.98 Å². The van der Waals surface area contributed by atoms with Gasteiger partial charge < -0.3 is 10.2 Å². The fourth-order valence-electron chi connectivity index (χ4n) is 5.54. The van der Waals surface area contributed by atoms with E-state index in [0.717, 1.165) is 94.7 Å². The van der Waals surface area contributed by atoms with Crippen molar-refractivity contribution in [3.05, 3.63) is 88.7 Å². The number of likely N-dealkylation sites (tertiary alicyclic amines) is 1. The van der Waals surface area contributed by atoms with Gasteiger partial charge in [0.25, 0.3) is 0 Å². The summed E-state index contributed by atoms with van der Waals surface area (Å²) >= 11 is 0.